The Kier molecular flexibility index (Phi) is 8.14. The standard InChI is InChI=1S/C30H21ClF3N3O6S2/c1-42-20-11-14(5-10-19(20)43-13-21(38)35-17-8-6-16(31)7-9-17)22-23-25(44-26-24(22)45-29(41)36-26)28(40)37(27(23)39)18-4-2-3-15(12-18)30(32,33)34/h2-12,22-23,25H,13H2,1H3,(H,35,38)(H,36,41)/t22-,23-,25+/m0/s1. The second-order valence-corrected chi connectivity index (χ2v) is 12.7. The highest BCUT2D eigenvalue weighted by Gasteiger charge is 2.56. The number of aromatic amines is 1. The number of H-pyrrole nitrogens is 1. The highest BCUT2D eigenvalue weighted by Crippen LogP contribution is 2.54. The third kappa shape index (κ3) is 5.92. The fourth-order valence-corrected chi connectivity index (χ4v) is 7.96. The van der Waals surface area contributed by atoms with Crippen LogP contribution in [0.5, 0.6) is 11.5 Å². The summed E-state index contributed by atoms with van der Waals surface area (Å²) < 4.78 is 51.5. The Morgan fingerprint density at radius 3 is 2.49 bits per heavy atom. The maximum absolute atomic E-state index is 13.9. The van der Waals surface area contributed by atoms with Crippen LogP contribution in [0.3, 0.4) is 0 Å². The van der Waals surface area contributed by atoms with Crippen LogP contribution in [0.15, 0.2) is 76.6 Å². The number of hydrogen-bond donors (Lipinski definition) is 2. The zero-order chi connectivity index (χ0) is 32.0. The number of fused-ring (bicyclic) bond motifs is 2. The predicted octanol–water partition coefficient (Wildman–Crippen LogP) is 5.93. The number of amides is 3. The molecule has 232 valence electrons. The molecule has 4 aromatic rings. The van der Waals surface area contributed by atoms with Gasteiger partial charge >= 0.3 is 11.0 Å². The number of nitrogens with zero attached hydrogens (tertiary/aromatic N) is 1. The van der Waals surface area contributed by atoms with Crippen molar-refractivity contribution < 1.29 is 37.0 Å². The quantitative estimate of drug-likeness (QED) is 0.233. The van der Waals surface area contributed by atoms with Crippen molar-refractivity contribution in [3.05, 3.63) is 97.4 Å². The molecule has 3 atom stereocenters. The van der Waals surface area contributed by atoms with Gasteiger partial charge in [0, 0.05) is 21.5 Å². The Hall–Kier alpha value is -4.27. The van der Waals surface area contributed by atoms with Gasteiger partial charge in [-0.3, -0.25) is 19.2 Å². The van der Waals surface area contributed by atoms with Gasteiger partial charge in [0.15, 0.2) is 18.1 Å². The van der Waals surface area contributed by atoms with Gasteiger partial charge in [0.1, 0.15) is 5.25 Å². The molecular formula is C30H21ClF3N3O6S2. The van der Waals surface area contributed by atoms with E-state index in [0.29, 0.717) is 26.2 Å². The molecule has 1 aromatic heterocycles. The summed E-state index contributed by atoms with van der Waals surface area (Å²) in [5.74, 6) is -3.21. The molecule has 45 heavy (non-hydrogen) atoms. The number of aromatic nitrogens is 1. The number of benzene rings is 3. The summed E-state index contributed by atoms with van der Waals surface area (Å²) in [6, 6.07) is 15.3. The SMILES string of the molecule is COc1cc([C@@H]2c3sc(=O)[nH]c3S[C@H]3C(=O)N(c4cccc(C(F)(F)F)c4)C(=O)[C@@H]23)ccc1OCC(=O)Nc1ccc(Cl)cc1. The molecule has 0 aliphatic carbocycles. The molecule has 0 bridgehead atoms. The summed E-state index contributed by atoms with van der Waals surface area (Å²) in [5.41, 5.74) is -0.158. The van der Waals surface area contributed by atoms with Crippen LogP contribution < -0.4 is 24.6 Å². The van der Waals surface area contributed by atoms with E-state index in [1.54, 1.807) is 42.5 Å². The molecule has 6 rings (SSSR count). The van der Waals surface area contributed by atoms with Gasteiger partial charge in [-0.25, -0.2) is 4.90 Å². The van der Waals surface area contributed by atoms with Gasteiger partial charge < -0.3 is 19.8 Å². The van der Waals surface area contributed by atoms with Crippen molar-refractivity contribution in [2.75, 3.05) is 23.9 Å². The minimum atomic E-state index is -4.67. The van der Waals surface area contributed by atoms with E-state index >= 15 is 0 Å². The maximum Gasteiger partial charge on any atom is 0.416 e. The first-order chi connectivity index (χ1) is 21.4. The van der Waals surface area contributed by atoms with E-state index in [1.165, 1.54) is 13.2 Å². The van der Waals surface area contributed by atoms with Gasteiger partial charge in [-0.05, 0) is 60.2 Å². The number of rotatable bonds is 7. The third-order valence-corrected chi connectivity index (χ3v) is 9.94. The summed E-state index contributed by atoms with van der Waals surface area (Å²) in [4.78, 5) is 56.0. The summed E-state index contributed by atoms with van der Waals surface area (Å²) in [6.07, 6.45) is -4.67. The molecule has 1 fully saturated rings. The first-order valence-electron chi connectivity index (χ1n) is 13.3. The van der Waals surface area contributed by atoms with Gasteiger partial charge in [0.25, 0.3) is 5.91 Å². The molecule has 0 unspecified atom stereocenters. The highest BCUT2D eigenvalue weighted by atomic mass is 35.5. The van der Waals surface area contributed by atoms with E-state index in [0.717, 1.165) is 46.2 Å². The van der Waals surface area contributed by atoms with Crippen LogP contribution in [0.25, 0.3) is 0 Å². The number of thioether (sulfide) groups is 1. The summed E-state index contributed by atoms with van der Waals surface area (Å²) in [5, 5.41) is 2.60. The van der Waals surface area contributed by atoms with E-state index in [2.05, 4.69) is 10.3 Å². The number of thiazole rings is 1. The van der Waals surface area contributed by atoms with Crippen molar-refractivity contribution >= 4 is 63.8 Å². The van der Waals surface area contributed by atoms with Gasteiger partial charge in [-0.1, -0.05) is 46.8 Å². The van der Waals surface area contributed by atoms with E-state index in [-0.39, 0.29) is 28.7 Å². The van der Waals surface area contributed by atoms with E-state index in [1.807, 2.05) is 0 Å². The minimum absolute atomic E-state index is 0.191. The zero-order valence-corrected chi connectivity index (χ0v) is 25.4. The summed E-state index contributed by atoms with van der Waals surface area (Å²) in [6.45, 7) is -0.356. The van der Waals surface area contributed by atoms with Crippen LogP contribution in [0.1, 0.15) is 21.9 Å². The van der Waals surface area contributed by atoms with Crippen molar-refractivity contribution in [3.63, 3.8) is 0 Å². The lowest BCUT2D eigenvalue weighted by atomic mass is 9.83. The fourth-order valence-electron chi connectivity index (χ4n) is 5.32. The van der Waals surface area contributed by atoms with Crippen LogP contribution in [0.2, 0.25) is 5.02 Å². The molecule has 3 amide bonds. The number of nitrogens with one attached hydrogen (secondary N) is 2. The van der Waals surface area contributed by atoms with Crippen molar-refractivity contribution in [3.8, 4) is 11.5 Å². The van der Waals surface area contributed by atoms with Gasteiger partial charge in [-0.15, -0.1) is 0 Å². The first kappa shape index (κ1) is 30.7. The number of imide groups is 1. The molecule has 15 heteroatoms. The van der Waals surface area contributed by atoms with Crippen molar-refractivity contribution in [2.45, 2.75) is 22.4 Å². The molecule has 0 saturated carbocycles. The number of anilines is 2. The smallest absolute Gasteiger partial charge is 0.416 e. The van der Waals surface area contributed by atoms with Crippen molar-refractivity contribution in [1.82, 2.24) is 4.98 Å². The lowest BCUT2D eigenvalue weighted by Crippen LogP contribution is -2.32. The van der Waals surface area contributed by atoms with Gasteiger partial charge in [0.2, 0.25) is 11.8 Å². The van der Waals surface area contributed by atoms with E-state index in [4.69, 9.17) is 21.1 Å². The molecule has 1 saturated heterocycles. The normalized spacial score (nSPS) is 19.2. The Bertz CT molecular complexity index is 1880. The van der Waals surface area contributed by atoms with Crippen LogP contribution in [0.4, 0.5) is 24.5 Å². The topological polar surface area (TPSA) is 118 Å². The number of carbonyl (C=O) groups excluding carboxylic acids is 3. The number of methoxy groups -OCH3 is 1. The van der Waals surface area contributed by atoms with E-state index < -0.39 is 46.5 Å². The summed E-state index contributed by atoms with van der Waals surface area (Å²) >= 11 is 7.77. The average Bonchev–Trinajstić information content (AvgIpc) is 3.50. The van der Waals surface area contributed by atoms with E-state index in [9.17, 15) is 32.3 Å². The second kappa shape index (κ2) is 11.9. The lowest BCUT2D eigenvalue weighted by molar-refractivity contribution is -0.137. The average molecular weight is 676 g/mol. The molecular weight excluding hydrogens is 655 g/mol. The predicted molar refractivity (Wildman–Crippen MR) is 162 cm³/mol. The molecule has 3 heterocycles. The Balaban J connectivity index is 1.30. The van der Waals surface area contributed by atoms with Crippen molar-refractivity contribution in [2.24, 2.45) is 5.92 Å². The molecule has 2 aliphatic rings. The Labute approximate surface area is 266 Å². The molecule has 0 spiro atoms. The largest absolute Gasteiger partial charge is 0.493 e. The first-order valence-corrected chi connectivity index (χ1v) is 15.3. The number of hydrogen-bond acceptors (Lipinski definition) is 8. The van der Waals surface area contributed by atoms with Crippen LogP contribution in [0, 0.1) is 5.92 Å². The van der Waals surface area contributed by atoms with Crippen LogP contribution in [-0.2, 0) is 20.6 Å². The molecule has 9 nitrogen and oxygen atoms in total. The molecule has 2 aliphatic heterocycles. The Morgan fingerprint density at radius 1 is 1.02 bits per heavy atom. The van der Waals surface area contributed by atoms with Gasteiger partial charge in [-0.2, -0.15) is 13.2 Å². The number of halogens is 4. The molecule has 0 radical (unpaired) electrons. The number of alkyl halides is 3. The lowest BCUT2D eigenvalue weighted by Gasteiger charge is -2.30. The number of ether oxygens (including phenoxy) is 2. The monoisotopic (exact) mass is 675 g/mol. The third-order valence-electron chi connectivity index (χ3n) is 7.29. The fraction of sp³-hybridized carbons (Fsp3) is 0.200. The maximum atomic E-state index is 13.9. The van der Waals surface area contributed by atoms with Gasteiger partial charge in [0.05, 0.1) is 29.3 Å². The Morgan fingerprint density at radius 2 is 1.78 bits per heavy atom. The highest BCUT2D eigenvalue weighted by molar-refractivity contribution is 8.00. The second-order valence-electron chi connectivity index (χ2n) is 10.1. The molecule has 2 N–H and O–H groups in total. The number of carbonyl (C=O) groups is 3. The zero-order valence-electron chi connectivity index (χ0n) is 23.0. The molecule has 3 aromatic carbocycles. The van der Waals surface area contributed by atoms with Crippen molar-refractivity contribution in [1.29, 1.82) is 0 Å². The van der Waals surface area contributed by atoms with Crippen LogP contribution >= 0.6 is 34.7 Å². The van der Waals surface area contributed by atoms with Crippen LogP contribution in [-0.4, -0.2) is 41.7 Å². The minimum Gasteiger partial charge on any atom is -0.493 e. The summed E-state index contributed by atoms with van der Waals surface area (Å²) in [7, 11) is 1.39.